The average molecular weight is 233 g/mol. The lowest BCUT2D eigenvalue weighted by atomic mass is 9.82. The number of hydrogen-bond acceptors (Lipinski definition) is 1. The summed E-state index contributed by atoms with van der Waals surface area (Å²) >= 11 is 0. The first-order valence-corrected chi connectivity index (χ1v) is 7.04. The Morgan fingerprint density at radius 1 is 1.06 bits per heavy atom. The van der Waals surface area contributed by atoms with Crippen molar-refractivity contribution in [1.29, 1.82) is 0 Å². The van der Waals surface area contributed by atoms with Crippen LogP contribution in [0.15, 0.2) is 24.4 Å². The summed E-state index contributed by atoms with van der Waals surface area (Å²) in [5, 5.41) is 0. The normalized spacial score (nSPS) is 11.7. The molecule has 1 nitrogen and oxygen atoms in total. The Kier molecular flexibility index (Phi) is 6.25. The summed E-state index contributed by atoms with van der Waals surface area (Å²) in [4.78, 5) is 4.42. The van der Waals surface area contributed by atoms with Crippen LogP contribution in [-0.4, -0.2) is 4.98 Å². The zero-order chi connectivity index (χ0) is 12.6. The Hall–Kier alpha value is -0.850. The summed E-state index contributed by atoms with van der Waals surface area (Å²) in [6.07, 6.45) is 11.2. The molecule has 96 valence electrons. The van der Waals surface area contributed by atoms with E-state index in [1.54, 1.807) is 0 Å². The van der Waals surface area contributed by atoms with Crippen molar-refractivity contribution >= 4 is 0 Å². The number of rotatable bonds is 8. The maximum atomic E-state index is 4.42. The van der Waals surface area contributed by atoms with Crippen LogP contribution in [0, 0.1) is 5.41 Å². The van der Waals surface area contributed by atoms with Crippen molar-refractivity contribution in [2.45, 2.75) is 65.7 Å². The van der Waals surface area contributed by atoms with Gasteiger partial charge in [0.1, 0.15) is 0 Å². The molecule has 0 aliphatic carbocycles. The van der Waals surface area contributed by atoms with Crippen LogP contribution in [0.4, 0.5) is 0 Å². The van der Waals surface area contributed by atoms with Gasteiger partial charge < -0.3 is 0 Å². The van der Waals surface area contributed by atoms with E-state index in [4.69, 9.17) is 0 Å². The number of nitrogens with zero attached hydrogens (tertiary/aromatic N) is 1. The first-order chi connectivity index (χ1) is 8.14. The van der Waals surface area contributed by atoms with Crippen molar-refractivity contribution in [3.8, 4) is 0 Å². The van der Waals surface area contributed by atoms with Gasteiger partial charge in [0, 0.05) is 11.9 Å². The third-order valence-electron chi connectivity index (χ3n) is 3.34. The van der Waals surface area contributed by atoms with E-state index >= 15 is 0 Å². The molecule has 0 saturated heterocycles. The van der Waals surface area contributed by atoms with Crippen LogP contribution in [0.1, 0.15) is 65.0 Å². The highest BCUT2D eigenvalue weighted by atomic mass is 14.7. The molecule has 0 amide bonds. The second kappa shape index (κ2) is 7.47. The van der Waals surface area contributed by atoms with Crippen molar-refractivity contribution in [3.05, 3.63) is 30.1 Å². The van der Waals surface area contributed by atoms with Crippen LogP contribution in [0.3, 0.4) is 0 Å². The van der Waals surface area contributed by atoms with E-state index in [0.717, 1.165) is 6.42 Å². The molecule has 17 heavy (non-hydrogen) atoms. The fourth-order valence-electron chi connectivity index (χ4n) is 2.29. The largest absolute Gasteiger partial charge is 0.261 e. The monoisotopic (exact) mass is 233 g/mol. The molecule has 0 unspecified atom stereocenters. The van der Waals surface area contributed by atoms with Gasteiger partial charge in [-0.25, -0.2) is 0 Å². The lowest BCUT2D eigenvalue weighted by molar-refractivity contribution is 0.314. The lowest BCUT2D eigenvalue weighted by Crippen LogP contribution is -2.15. The maximum absolute atomic E-state index is 4.42. The molecule has 0 spiro atoms. The van der Waals surface area contributed by atoms with Gasteiger partial charge in [0.25, 0.3) is 0 Å². The highest BCUT2D eigenvalue weighted by molar-refractivity contribution is 5.05. The predicted octanol–water partition coefficient (Wildman–Crippen LogP) is 5.01. The average Bonchev–Trinajstić information content (AvgIpc) is 2.29. The van der Waals surface area contributed by atoms with Gasteiger partial charge in [-0.1, -0.05) is 58.9 Å². The zero-order valence-corrected chi connectivity index (χ0v) is 11.7. The summed E-state index contributed by atoms with van der Waals surface area (Å²) in [7, 11) is 0. The Bertz CT molecular complexity index is 290. The first-order valence-electron chi connectivity index (χ1n) is 7.04. The SMILES string of the molecule is CCCCCCCC(C)(C)Cc1ccccn1. The quantitative estimate of drug-likeness (QED) is 0.575. The molecule has 1 heterocycles. The van der Waals surface area contributed by atoms with Gasteiger partial charge in [0.05, 0.1) is 0 Å². The van der Waals surface area contributed by atoms with E-state index < -0.39 is 0 Å². The summed E-state index contributed by atoms with van der Waals surface area (Å²) in [5.41, 5.74) is 1.62. The predicted molar refractivity (Wildman–Crippen MR) is 75.1 cm³/mol. The lowest BCUT2D eigenvalue weighted by Gasteiger charge is -2.24. The summed E-state index contributed by atoms with van der Waals surface area (Å²) in [6.45, 7) is 6.99. The highest BCUT2D eigenvalue weighted by Crippen LogP contribution is 2.27. The number of hydrogen-bond donors (Lipinski definition) is 0. The molecule has 0 saturated carbocycles. The third kappa shape index (κ3) is 6.45. The summed E-state index contributed by atoms with van der Waals surface area (Å²) in [6, 6.07) is 6.21. The number of aromatic nitrogens is 1. The second-order valence-corrected chi connectivity index (χ2v) is 5.83. The molecule has 1 heteroatoms. The second-order valence-electron chi connectivity index (χ2n) is 5.83. The Labute approximate surface area is 107 Å². The Balaban J connectivity index is 2.26. The highest BCUT2D eigenvalue weighted by Gasteiger charge is 2.18. The molecule has 0 fully saturated rings. The molecule has 0 bridgehead atoms. The molecule has 0 atom stereocenters. The van der Waals surface area contributed by atoms with Crippen molar-refractivity contribution < 1.29 is 0 Å². The zero-order valence-electron chi connectivity index (χ0n) is 11.7. The maximum Gasteiger partial charge on any atom is 0.0408 e. The Morgan fingerprint density at radius 2 is 1.82 bits per heavy atom. The van der Waals surface area contributed by atoms with Gasteiger partial charge in [-0.2, -0.15) is 0 Å². The molecule has 1 aromatic rings. The molecule has 0 aromatic carbocycles. The van der Waals surface area contributed by atoms with Gasteiger partial charge >= 0.3 is 0 Å². The fraction of sp³-hybridized carbons (Fsp3) is 0.688. The van der Waals surface area contributed by atoms with Crippen molar-refractivity contribution in [2.24, 2.45) is 5.41 Å². The fourth-order valence-corrected chi connectivity index (χ4v) is 2.29. The van der Waals surface area contributed by atoms with Crippen LogP contribution >= 0.6 is 0 Å². The van der Waals surface area contributed by atoms with Gasteiger partial charge in [-0.05, 0) is 30.4 Å². The standard InChI is InChI=1S/C16H27N/c1-4-5-6-7-9-12-16(2,3)14-15-11-8-10-13-17-15/h8,10-11,13H,4-7,9,12,14H2,1-3H3. The van der Waals surface area contributed by atoms with E-state index in [2.05, 4.69) is 37.9 Å². The minimum absolute atomic E-state index is 0.389. The number of pyridine rings is 1. The molecule has 0 radical (unpaired) electrons. The first kappa shape index (κ1) is 14.2. The van der Waals surface area contributed by atoms with Crippen LogP contribution < -0.4 is 0 Å². The summed E-state index contributed by atoms with van der Waals surface area (Å²) in [5.74, 6) is 0. The molecular weight excluding hydrogens is 206 g/mol. The van der Waals surface area contributed by atoms with Crippen molar-refractivity contribution in [2.75, 3.05) is 0 Å². The minimum Gasteiger partial charge on any atom is -0.261 e. The van der Waals surface area contributed by atoms with Gasteiger partial charge in [-0.3, -0.25) is 4.98 Å². The topological polar surface area (TPSA) is 12.9 Å². The molecule has 0 aliphatic heterocycles. The van der Waals surface area contributed by atoms with Gasteiger partial charge in [0.15, 0.2) is 0 Å². The van der Waals surface area contributed by atoms with Crippen LogP contribution in [0.25, 0.3) is 0 Å². The van der Waals surface area contributed by atoms with E-state index in [9.17, 15) is 0 Å². The third-order valence-corrected chi connectivity index (χ3v) is 3.34. The summed E-state index contributed by atoms with van der Waals surface area (Å²) < 4.78 is 0. The number of unbranched alkanes of at least 4 members (excludes halogenated alkanes) is 4. The smallest absolute Gasteiger partial charge is 0.0408 e. The molecule has 0 N–H and O–H groups in total. The molecule has 0 aliphatic rings. The van der Waals surface area contributed by atoms with E-state index in [-0.39, 0.29) is 0 Å². The Morgan fingerprint density at radius 3 is 2.47 bits per heavy atom. The van der Waals surface area contributed by atoms with E-state index in [1.807, 2.05) is 12.3 Å². The van der Waals surface area contributed by atoms with Gasteiger partial charge in [-0.15, -0.1) is 0 Å². The molecule has 1 aromatic heterocycles. The van der Waals surface area contributed by atoms with E-state index in [1.165, 1.54) is 44.2 Å². The van der Waals surface area contributed by atoms with Crippen molar-refractivity contribution in [3.63, 3.8) is 0 Å². The van der Waals surface area contributed by atoms with Crippen LogP contribution in [-0.2, 0) is 6.42 Å². The van der Waals surface area contributed by atoms with E-state index in [0.29, 0.717) is 5.41 Å². The van der Waals surface area contributed by atoms with Gasteiger partial charge in [0.2, 0.25) is 0 Å². The molecular formula is C16H27N. The molecule has 1 rings (SSSR count). The van der Waals surface area contributed by atoms with Crippen LogP contribution in [0.5, 0.6) is 0 Å². The minimum atomic E-state index is 0.389. The van der Waals surface area contributed by atoms with Crippen molar-refractivity contribution in [1.82, 2.24) is 4.98 Å². The van der Waals surface area contributed by atoms with Crippen LogP contribution in [0.2, 0.25) is 0 Å².